The lowest BCUT2D eigenvalue weighted by atomic mass is 10.2. The maximum absolute atomic E-state index is 11.6. The number of pyridine rings is 1. The van der Waals surface area contributed by atoms with Crippen molar-refractivity contribution in [3.63, 3.8) is 0 Å². The Labute approximate surface area is 112 Å². The molecule has 5 heteroatoms. The number of hydrogen-bond donors (Lipinski definition) is 2. The summed E-state index contributed by atoms with van der Waals surface area (Å²) in [7, 11) is 0. The van der Waals surface area contributed by atoms with Crippen molar-refractivity contribution in [1.29, 1.82) is 0 Å². The normalized spacial score (nSPS) is 12.1. The van der Waals surface area contributed by atoms with Crippen molar-refractivity contribution >= 4 is 17.7 Å². The fraction of sp³-hybridized carbons (Fsp3) is 0.538. The summed E-state index contributed by atoms with van der Waals surface area (Å²) in [4.78, 5) is 15.8. The largest absolute Gasteiger partial charge is 0.396 e. The van der Waals surface area contributed by atoms with Crippen LogP contribution in [0.1, 0.15) is 25.5 Å². The second kappa shape index (κ2) is 8.94. The number of aliphatic hydroxyl groups excluding tert-OH is 1. The van der Waals surface area contributed by atoms with E-state index >= 15 is 0 Å². The van der Waals surface area contributed by atoms with Crippen molar-refractivity contribution in [2.45, 2.75) is 31.6 Å². The fourth-order valence-electron chi connectivity index (χ4n) is 1.52. The molecular weight excluding hydrogens is 248 g/mol. The quantitative estimate of drug-likeness (QED) is 0.751. The molecule has 1 heterocycles. The van der Waals surface area contributed by atoms with E-state index in [1.54, 1.807) is 18.0 Å². The van der Waals surface area contributed by atoms with Crippen LogP contribution in [0, 0.1) is 0 Å². The smallest absolute Gasteiger partial charge is 0.230 e. The first-order valence-corrected chi connectivity index (χ1v) is 7.25. The van der Waals surface area contributed by atoms with Crippen molar-refractivity contribution in [3.05, 3.63) is 30.1 Å². The van der Waals surface area contributed by atoms with Gasteiger partial charge >= 0.3 is 0 Å². The van der Waals surface area contributed by atoms with Gasteiger partial charge in [0.15, 0.2) is 0 Å². The number of amides is 1. The number of aliphatic hydroxyl groups is 1. The highest BCUT2D eigenvalue weighted by Gasteiger charge is 2.07. The third-order valence-electron chi connectivity index (χ3n) is 2.41. The Morgan fingerprint density at radius 3 is 3.06 bits per heavy atom. The van der Waals surface area contributed by atoms with Crippen LogP contribution in [-0.2, 0) is 10.5 Å². The van der Waals surface area contributed by atoms with Gasteiger partial charge < -0.3 is 10.4 Å². The van der Waals surface area contributed by atoms with Gasteiger partial charge in [-0.1, -0.05) is 6.07 Å². The molecule has 0 saturated heterocycles. The van der Waals surface area contributed by atoms with Crippen LogP contribution in [0.3, 0.4) is 0 Å². The highest BCUT2D eigenvalue weighted by Crippen LogP contribution is 2.09. The molecule has 0 radical (unpaired) electrons. The van der Waals surface area contributed by atoms with Crippen molar-refractivity contribution in [2.75, 3.05) is 12.4 Å². The molecule has 1 aromatic heterocycles. The van der Waals surface area contributed by atoms with Gasteiger partial charge in [0.25, 0.3) is 0 Å². The third kappa shape index (κ3) is 6.61. The lowest BCUT2D eigenvalue weighted by Crippen LogP contribution is -2.33. The van der Waals surface area contributed by atoms with E-state index in [4.69, 9.17) is 5.11 Å². The molecule has 1 atom stereocenters. The molecule has 0 fully saturated rings. The van der Waals surface area contributed by atoms with E-state index in [1.165, 1.54) is 0 Å². The summed E-state index contributed by atoms with van der Waals surface area (Å²) < 4.78 is 0. The van der Waals surface area contributed by atoms with Gasteiger partial charge in [-0.2, -0.15) is 0 Å². The molecule has 0 aromatic carbocycles. The number of nitrogens with one attached hydrogen (secondary N) is 1. The molecular formula is C13H20N2O2S. The van der Waals surface area contributed by atoms with E-state index in [0.717, 1.165) is 24.3 Å². The Bertz CT molecular complexity index is 346. The van der Waals surface area contributed by atoms with Gasteiger partial charge in [-0.3, -0.25) is 9.78 Å². The summed E-state index contributed by atoms with van der Waals surface area (Å²) in [6.45, 7) is 2.13. The third-order valence-corrected chi connectivity index (χ3v) is 3.38. The minimum atomic E-state index is 0.0429. The van der Waals surface area contributed by atoms with E-state index < -0.39 is 0 Å². The lowest BCUT2D eigenvalue weighted by Gasteiger charge is -2.12. The topological polar surface area (TPSA) is 62.2 Å². The van der Waals surface area contributed by atoms with Crippen LogP contribution in [0.2, 0.25) is 0 Å². The summed E-state index contributed by atoms with van der Waals surface area (Å²) >= 11 is 1.56. The molecule has 0 aliphatic rings. The van der Waals surface area contributed by atoms with Gasteiger partial charge in [0.1, 0.15) is 0 Å². The molecule has 18 heavy (non-hydrogen) atoms. The van der Waals surface area contributed by atoms with Crippen molar-refractivity contribution in [1.82, 2.24) is 10.3 Å². The maximum atomic E-state index is 11.6. The van der Waals surface area contributed by atoms with E-state index in [1.807, 2.05) is 25.1 Å². The SMILES string of the molecule is CC(CCCO)NC(=O)CSCc1ccccn1. The summed E-state index contributed by atoms with van der Waals surface area (Å²) in [5.74, 6) is 1.24. The maximum Gasteiger partial charge on any atom is 0.230 e. The Kier molecular flexibility index (Phi) is 7.44. The Hall–Kier alpha value is -1.07. The summed E-state index contributed by atoms with van der Waals surface area (Å²) in [5.41, 5.74) is 0.989. The molecule has 1 aromatic rings. The number of rotatable bonds is 8. The minimum Gasteiger partial charge on any atom is -0.396 e. The fourth-order valence-corrected chi connectivity index (χ4v) is 2.27. The number of nitrogens with zero attached hydrogens (tertiary/aromatic N) is 1. The van der Waals surface area contributed by atoms with Crippen molar-refractivity contribution in [3.8, 4) is 0 Å². The number of aromatic nitrogens is 1. The zero-order valence-corrected chi connectivity index (χ0v) is 11.4. The zero-order chi connectivity index (χ0) is 13.2. The molecule has 0 bridgehead atoms. The van der Waals surface area contributed by atoms with Crippen LogP contribution >= 0.6 is 11.8 Å². The molecule has 1 amide bonds. The molecule has 0 spiro atoms. The second-order valence-corrected chi connectivity index (χ2v) is 5.13. The summed E-state index contributed by atoms with van der Waals surface area (Å²) in [6, 6.07) is 5.90. The second-order valence-electron chi connectivity index (χ2n) is 4.15. The summed E-state index contributed by atoms with van der Waals surface area (Å²) in [5, 5.41) is 11.6. The van der Waals surface area contributed by atoms with Crippen LogP contribution in [0.15, 0.2) is 24.4 Å². The van der Waals surface area contributed by atoms with Crippen LogP contribution in [0.4, 0.5) is 0 Å². The first-order chi connectivity index (χ1) is 8.72. The van der Waals surface area contributed by atoms with Gasteiger partial charge in [-0.05, 0) is 31.9 Å². The van der Waals surface area contributed by atoms with E-state index in [9.17, 15) is 4.79 Å². The predicted molar refractivity (Wildman–Crippen MR) is 74.3 cm³/mol. The van der Waals surface area contributed by atoms with E-state index in [-0.39, 0.29) is 18.6 Å². The average molecular weight is 268 g/mol. The zero-order valence-electron chi connectivity index (χ0n) is 10.6. The number of hydrogen-bond acceptors (Lipinski definition) is 4. The standard InChI is InChI=1S/C13H20N2O2S/c1-11(5-4-8-16)15-13(17)10-18-9-12-6-2-3-7-14-12/h2-3,6-7,11,16H,4-5,8-10H2,1H3,(H,15,17). The first kappa shape index (κ1) is 15.0. The molecule has 0 saturated carbocycles. The summed E-state index contributed by atoms with van der Waals surface area (Å²) in [6.07, 6.45) is 3.29. The average Bonchev–Trinajstić information content (AvgIpc) is 2.37. The molecule has 4 nitrogen and oxygen atoms in total. The Morgan fingerprint density at radius 1 is 1.56 bits per heavy atom. The van der Waals surface area contributed by atoms with Gasteiger partial charge in [-0.25, -0.2) is 0 Å². The van der Waals surface area contributed by atoms with Crippen molar-refractivity contribution < 1.29 is 9.90 Å². The molecule has 0 aliphatic heterocycles. The van der Waals surface area contributed by atoms with Crippen LogP contribution in [0.5, 0.6) is 0 Å². The van der Waals surface area contributed by atoms with E-state index in [2.05, 4.69) is 10.3 Å². The molecule has 0 aliphatic carbocycles. The number of thioether (sulfide) groups is 1. The Morgan fingerprint density at radius 2 is 2.39 bits per heavy atom. The van der Waals surface area contributed by atoms with Crippen molar-refractivity contribution in [2.24, 2.45) is 0 Å². The van der Waals surface area contributed by atoms with Gasteiger partial charge in [0, 0.05) is 24.6 Å². The number of carbonyl (C=O) groups is 1. The molecule has 2 N–H and O–H groups in total. The first-order valence-electron chi connectivity index (χ1n) is 6.10. The van der Waals surface area contributed by atoms with Crippen LogP contribution in [-0.4, -0.2) is 34.4 Å². The highest BCUT2D eigenvalue weighted by atomic mass is 32.2. The van der Waals surface area contributed by atoms with Crippen LogP contribution < -0.4 is 5.32 Å². The molecule has 1 rings (SSSR count). The predicted octanol–water partition coefficient (Wildman–Crippen LogP) is 1.59. The highest BCUT2D eigenvalue weighted by molar-refractivity contribution is 7.99. The molecule has 1 unspecified atom stereocenters. The minimum absolute atomic E-state index is 0.0429. The lowest BCUT2D eigenvalue weighted by molar-refractivity contribution is -0.119. The monoisotopic (exact) mass is 268 g/mol. The van der Waals surface area contributed by atoms with Crippen LogP contribution in [0.25, 0.3) is 0 Å². The van der Waals surface area contributed by atoms with Gasteiger partial charge in [0.05, 0.1) is 11.4 Å². The van der Waals surface area contributed by atoms with E-state index in [0.29, 0.717) is 5.75 Å². The number of carbonyl (C=O) groups excluding carboxylic acids is 1. The molecule has 100 valence electrons. The Balaban J connectivity index is 2.13. The van der Waals surface area contributed by atoms with Gasteiger partial charge in [0.2, 0.25) is 5.91 Å². The van der Waals surface area contributed by atoms with Gasteiger partial charge in [-0.15, -0.1) is 11.8 Å².